The van der Waals surface area contributed by atoms with Gasteiger partial charge < -0.3 is 5.73 Å². The van der Waals surface area contributed by atoms with Gasteiger partial charge in [-0.2, -0.15) is 0 Å². The van der Waals surface area contributed by atoms with E-state index in [9.17, 15) is 4.39 Å². The standard InChI is InChI=1S/C15H22FN/c1-2-5-12-8-10-15(17,11-9-12)13-6-3-4-7-14(13)16/h3-4,6-7,12H,2,5,8-11,17H2,1H3. The van der Waals surface area contributed by atoms with E-state index in [2.05, 4.69) is 6.92 Å². The maximum absolute atomic E-state index is 13.8. The predicted molar refractivity (Wildman–Crippen MR) is 69.1 cm³/mol. The fraction of sp³-hybridized carbons (Fsp3) is 0.600. The molecule has 1 aliphatic carbocycles. The van der Waals surface area contributed by atoms with Crippen LogP contribution in [0.25, 0.3) is 0 Å². The SMILES string of the molecule is CCCC1CCC(N)(c2ccccc2F)CC1. The van der Waals surface area contributed by atoms with Gasteiger partial charge in [0.25, 0.3) is 0 Å². The van der Waals surface area contributed by atoms with E-state index >= 15 is 0 Å². The first-order chi connectivity index (χ1) is 8.15. The van der Waals surface area contributed by atoms with Crippen LogP contribution in [0.1, 0.15) is 51.0 Å². The van der Waals surface area contributed by atoms with Crippen LogP contribution in [-0.2, 0) is 5.54 Å². The first-order valence-corrected chi connectivity index (χ1v) is 6.69. The van der Waals surface area contributed by atoms with Crippen LogP contribution in [-0.4, -0.2) is 0 Å². The van der Waals surface area contributed by atoms with Crippen molar-refractivity contribution >= 4 is 0 Å². The predicted octanol–water partition coefficient (Wildman–Crippen LogP) is 3.97. The molecule has 0 radical (unpaired) electrons. The summed E-state index contributed by atoms with van der Waals surface area (Å²) in [4.78, 5) is 0. The summed E-state index contributed by atoms with van der Waals surface area (Å²) in [7, 11) is 0. The Hall–Kier alpha value is -0.890. The molecule has 1 nitrogen and oxygen atoms in total. The zero-order chi connectivity index (χ0) is 12.3. The van der Waals surface area contributed by atoms with Gasteiger partial charge in [0.05, 0.1) is 0 Å². The molecule has 0 unspecified atom stereocenters. The summed E-state index contributed by atoms with van der Waals surface area (Å²) in [6, 6.07) is 6.97. The summed E-state index contributed by atoms with van der Waals surface area (Å²) in [5, 5.41) is 0. The van der Waals surface area contributed by atoms with Gasteiger partial charge in [-0.15, -0.1) is 0 Å². The van der Waals surface area contributed by atoms with E-state index in [0.29, 0.717) is 5.56 Å². The molecular formula is C15H22FN. The molecule has 0 heterocycles. The van der Waals surface area contributed by atoms with Gasteiger partial charge in [-0.3, -0.25) is 0 Å². The smallest absolute Gasteiger partial charge is 0.128 e. The first kappa shape index (κ1) is 12.6. The number of halogens is 1. The summed E-state index contributed by atoms with van der Waals surface area (Å²) in [5.74, 6) is 0.646. The maximum atomic E-state index is 13.8. The monoisotopic (exact) mass is 235 g/mol. The minimum absolute atomic E-state index is 0.149. The van der Waals surface area contributed by atoms with E-state index in [4.69, 9.17) is 5.73 Å². The van der Waals surface area contributed by atoms with Crippen molar-refractivity contribution in [3.05, 3.63) is 35.6 Å². The van der Waals surface area contributed by atoms with E-state index in [1.807, 2.05) is 12.1 Å². The van der Waals surface area contributed by atoms with Crippen LogP contribution in [0.15, 0.2) is 24.3 Å². The summed E-state index contributed by atoms with van der Waals surface area (Å²) in [6.07, 6.45) is 6.63. The minimum Gasteiger partial charge on any atom is -0.321 e. The summed E-state index contributed by atoms with van der Waals surface area (Å²) in [6.45, 7) is 2.22. The molecule has 17 heavy (non-hydrogen) atoms. The zero-order valence-electron chi connectivity index (χ0n) is 10.6. The van der Waals surface area contributed by atoms with Gasteiger partial charge in [-0.05, 0) is 37.7 Å². The average molecular weight is 235 g/mol. The van der Waals surface area contributed by atoms with Gasteiger partial charge in [-0.1, -0.05) is 38.0 Å². The Bertz CT molecular complexity index is 367. The average Bonchev–Trinajstić information content (AvgIpc) is 2.33. The van der Waals surface area contributed by atoms with Crippen LogP contribution in [0.5, 0.6) is 0 Å². The molecule has 0 amide bonds. The topological polar surface area (TPSA) is 26.0 Å². The van der Waals surface area contributed by atoms with Crippen molar-refractivity contribution in [2.24, 2.45) is 11.7 Å². The number of benzene rings is 1. The van der Waals surface area contributed by atoms with Crippen molar-refractivity contribution < 1.29 is 4.39 Å². The molecule has 1 fully saturated rings. The van der Waals surface area contributed by atoms with Crippen molar-refractivity contribution in [1.29, 1.82) is 0 Å². The van der Waals surface area contributed by atoms with Crippen LogP contribution in [0, 0.1) is 11.7 Å². The van der Waals surface area contributed by atoms with Crippen LogP contribution < -0.4 is 5.73 Å². The number of nitrogens with two attached hydrogens (primary N) is 1. The van der Waals surface area contributed by atoms with E-state index < -0.39 is 5.54 Å². The number of rotatable bonds is 3. The third-order valence-corrected chi connectivity index (χ3v) is 4.10. The van der Waals surface area contributed by atoms with Gasteiger partial charge in [0, 0.05) is 11.1 Å². The van der Waals surface area contributed by atoms with Gasteiger partial charge >= 0.3 is 0 Å². The van der Waals surface area contributed by atoms with Gasteiger partial charge in [0.15, 0.2) is 0 Å². The maximum Gasteiger partial charge on any atom is 0.128 e. The molecule has 0 saturated heterocycles. The van der Waals surface area contributed by atoms with E-state index in [1.54, 1.807) is 6.07 Å². The normalized spacial score (nSPS) is 29.2. The quantitative estimate of drug-likeness (QED) is 0.843. The molecule has 2 rings (SSSR count). The summed E-state index contributed by atoms with van der Waals surface area (Å²) < 4.78 is 13.8. The van der Waals surface area contributed by atoms with Gasteiger partial charge in [-0.25, -0.2) is 4.39 Å². The van der Waals surface area contributed by atoms with Gasteiger partial charge in [0.1, 0.15) is 5.82 Å². The third kappa shape index (κ3) is 2.68. The molecule has 0 bridgehead atoms. The Labute approximate surface area is 103 Å². The summed E-state index contributed by atoms with van der Waals surface area (Å²) >= 11 is 0. The fourth-order valence-corrected chi connectivity index (χ4v) is 3.02. The lowest BCUT2D eigenvalue weighted by molar-refractivity contribution is 0.221. The van der Waals surface area contributed by atoms with Crippen molar-refractivity contribution in [3.63, 3.8) is 0 Å². The summed E-state index contributed by atoms with van der Waals surface area (Å²) in [5.41, 5.74) is 6.67. The Balaban J connectivity index is 2.10. The molecule has 1 aromatic rings. The zero-order valence-corrected chi connectivity index (χ0v) is 10.6. The third-order valence-electron chi connectivity index (χ3n) is 4.10. The lowest BCUT2D eigenvalue weighted by Crippen LogP contribution is -2.41. The Morgan fingerprint density at radius 3 is 2.53 bits per heavy atom. The van der Waals surface area contributed by atoms with Crippen LogP contribution in [0.2, 0.25) is 0 Å². The van der Waals surface area contributed by atoms with Crippen molar-refractivity contribution in [3.8, 4) is 0 Å². The minimum atomic E-state index is -0.435. The molecule has 2 heteroatoms. The van der Waals surface area contributed by atoms with Crippen LogP contribution >= 0.6 is 0 Å². The number of hydrogen-bond donors (Lipinski definition) is 1. The molecule has 0 atom stereocenters. The second-order valence-electron chi connectivity index (χ2n) is 5.37. The molecular weight excluding hydrogens is 213 g/mol. The fourth-order valence-electron chi connectivity index (χ4n) is 3.02. The van der Waals surface area contributed by atoms with Crippen LogP contribution in [0.3, 0.4) is 0 Å². The number of hydrogen-bond acceptors (Lipinski definition) is 1. The Morgan fingerprint density at radius 1 is 1.29 bits per heavy atom. The highest BCUT2D eigenvalue weighted by Gasteiger charge is 2.34. The molecule has 0 aliphatic heterocycles. The lowest BCUT2D eigenvalue weighted by Gasteiger charge is -2.37. The molecule has 1 saturated carbocycles. The molecule has 1 aliphatic rings. The van der Waals surface area contributed by atoms with Crippen molar-refractivity contribution in [2.45, 2.75) is 51.0 Å². The lowest BCUT2D eigenvalue weighted by atomic mass is 9.72. The van der Waals surface area contributed by atoms with Crippen molar-refractivity contribution in [1.82, 2.24) is 0 Å². The largest absolute Gasteiger partial charge is 0.321 e. The molecule has 2 N–H and O–H groups in total. The molecule has 0 aromatic heterocycles. The second-order valence-corrected chi connectivity index (χ2v) is 5.37. The van der Waals surface area contributed by atoms with Crippen molar-refractivity contribution in [2.75, 3.05) is 0 Å². The Morgan fingerprint density at radius 2 is 1.94 bits per heavy atom. The van der Waals surface area contributed by atoms with E-state index in [1.165, 1.54) is 18.9 Å². The van der Waals surface area contributed by atoms with E-state index in [0.717, 1.165) is 31.6 Å². The molecule has 94 valence electrons. The Kier molecular flexibility index (Phi) is 3.82. The molecule has 1 aromatic carbocycles. The molecule has 0 spiro atoms. The van der Waals surface area contributed by atoms with E-state index in [-0.39, 0.29) is 5.82 Å². The highest BCUT2D eigenvalue weighted by Crippen LogP contribution is 2.39. The van der Waals surface area contributed by atoms with Crippen LogP contribution in [0.4, 0.5) is 4.39 Å². The first-order valence-electron chi connectivity index (χ1n) is 6.69. The van der Waals surface area contributed by atoms with Gasteiger partial charge in [0.2, 0.25) is 0 Å². The highest BCUT2D eigenvalue weighted by atomic mass is 19.1. The second kappa shape index (κ2) is 5.18. The highest BCUT2D eigenvalue weighted by molar-refractivity contribution is 5.26.